The molecular weight excluding hydrogens is 446 g/mol. The van der Waals surface area contributed by atoms with Gasteiger partial charge in [0.25, 0.3) is 0 Å². The van der Waals surface area contributed by atoms with E-state index in [-0.39, 0.29) is 30.2 Å². The Hall–Kier alpha value is -3.72. The molecule has 0 saturated carbocycles. The maximum Gasteiger partial charge on any atom is 0.410 e. The zero-order valence-electron chi connectivity index (χ0n) is 19.7. The lowest BCUT2D eigenvalue weighted by atomic mass is 9.84. The van der Waals surface area contributed by atoms with Gasteiger partial charge in [0.05, 0.1) is 6.04 Å². The van der Waals surface area contributed by atoms with Crippen molar-refractivity contribution in [2.75, 3.05) is 20.1 Å². The van der Waals surface area contributed by atoms with Crippen LogP contribution in [-0.2, 0) is 16.1 Å². The summed E-state index contributed by atoms with van der Waals surface area (Å²) in [5.74, 6) is -0.0238. The molecule has 4 rings (SSSR count). The van der Waals surface area contributed by atoms with E-state index in [0.29, 0.717) is 24.4 Å². The van der Waals surface area contributed by atoms with Crippen LogP contribution in [0, 0.1) is 5.41 Å². The number of amides is 3. The van der Waals surface area contributed by atoms with Gasteiger partial charge in [-0.05, 0) is 49.9 Å². The van der Waals surface area contributed by atoms with Crippen molar-refractivity contribution in [1.82, 2.24) is 20.4 Å². The fourth-order valence-electron chi connectivity index (χ4n) is 4.79. The lowest BCUT2D eigenvalue weighted by Crippen LogP contribution is -2.62. The summed E-state index contributed by atoms with van der Waals surface area (Å²) in [5.41, 5.74) is 2.51. The largest absolute Gasteiger partial charge is 0.465 e. The Bertz CT molecular complexity index is 1090. The van der Waals surface area contributed by atoms with Gasteiger partial charge >= 0.3 is 6.09 Å². The topological polar surface area (TPSA) is 126 Å². The van der Waals surface area contributed by atoms with Gasteiger partial charge in [-0.2, -0.15) is 0 Å². The molecule has 2 aromatic carbocycles. The summed E-state index contributed by atoms with van der Waals surface area (Å²) in [6.07, 6.45) is 1.12. The van der Waals surface area contributed by atoms with Crippen LogP contribution in [0.1, 0.15) is 41.9 Å². The van der Waals surface area contributed by atoms with E-state index < -0.39 is 12.1 Å². The predicted octanol–water partition coefficient (Wildman–Crippen LogP) is 2.37. The Morgan fingerprint density at radius 1 is 1.00 bits per heavy atom. The minimum atomic E-state index is -1.29. The van der Waals surface area contributed by atoms with Gasteiger partial charge in [0, 0.05) is 18.7 Å². The molecule has 0 unspecified atom stereocenters. The van der Waals surface area contributed by atoms with Gasteiger partial charge in [0.2, 0.25) is 11.8 Å². The van der Waals surface area contributed by atoms with E-state index in [1.165, 1.54) is 5.56 Å². The first kappa shape index (κ1) is 24.4. The highest BCUT2D eigenvalue weighted by molar-refractivity contribution is 6.04. The van der Waals surface area contributed by atoms with Crippen LogP contribution < -0.4 is 10.6 Å². The number of carbonyl (C=O) groups excluding carboxylic acids is 2. The summed E-state index contributed by atoms with van der Waals surface area (Å²) >= 11 is 0. The number of hydrogen-bond acceptors (Lipinski definition) is 5. The molecule has 9 heteroatoms. The first-order valence-electron chi connectivity index (χ1n) is 11.8. The molecular formula is C26H31N5O4. The van der Waals surface area contributed by atoms with Crippen molar-refractivity contribution in [3.63, 3.8) is 0 Å². The van der Waals surface area contributed by atoms with Crippen LogP contribution in [0.15, 0.2) is 54.6 Å². The summed E-state index contributed by atoms with van der Waals surface area (Å²) in [6, 6.07) is 16.3. The standard InChI is InChI=1S/C26H31N5O4/c1-30-13-11-20(18-5-3-2-4-6-18)15-22(30)25(33)31-14-12-21(31)24(32)28-16-17-7-9-19(10-8-17)23(27)29-26(34)35/h2-10,20-22H,11-16H2,1H3,(H2,27,29)(H,28,32)(H,34,35)/t20-,21-,22+/m0/s1. The van der Waals surface area contributed by atoms with Crippen LogP contribution in [0.5, 0.6) is 0 Å². The highest BCUT2D eigenvalue weighted by atomic mass is 16.4. The van der Waals surface area contributed by atoms with E-state index in [9.17, 15) is 14.4 Å². The maximum absolute atomic E-state index is 13.4. The predicted molar refractivity (Wildman–Crippen MR) is 131 cm³/mol. The Labute approximate surface area is 204 Å². The van der Waals surface area contributed by atoms with Crippen molar-refractivity contribution in [3.8, 4) is 0 Å². The lowest BCUT2D eigenvalue weighted by molar-refractivity contribution is -0.152. The minimum absolute atomic E-state index is 0.0216. The van der Waals surface area contributed by atoms with E-state index in [1.54, 1.807) is 29.2 Å². The van der Waals surface area contributed by atoms with Gasteiger partial charge in [0.1, 0.15) is 11.9 Å². The second kappa shape index (κ2) is 10.7. The monoisotopic (exact) mass is 477 g/mol. The zero-order chi connectivity index (χ0) is 24.9. The van der Waals surface area contributed by atoms with Crippen LogP contribution in [0.25, 0.3) is 0 Å². The number of rotatable bonds is 6. The summed E-state index contributed by atoms with van der Waals surface area (Å²) in [7, 11) is 1.98. The van der Waals surface area contributed by atoms with Crippen molar-refractivity contribution in [1.29, 1.82) is 5.41 Å². The van der Waals surface area contributed by atoms with Crippen molar-refractivity contribution < 1.29 is 19.5 Å². The van der Waals surface area contributed by atoms with Gasteiger partial charge in [-0.3, -0.25) is 25.2 Å². The average Bonchev–Trinajstić information content (AvgIpc) is 2.82. The van der Waals surface area contributed by atoms with Gasteiger partial charge in [-0.1, -0.05) is 54.6 Å². The molecule has 3 amide bonds. The molecule has 35 heavy (non-hydrogen) atoms. The second-order valence-electron chi connectivity index (χ2n) is 9.18. The molecule has 2 heterocycles. The van der Waals surface area contributed by atoms with Gasteiger partial charge < -0.3 is 15.3 Å². The Morgan fingerprint density at radius 3 is 2.34 bits per heavy atom. The molecule has 184 valence electrons. The number of benzene rings is 2. The zero-order valence-corrected chi connectivity index (χ0v) is 19.7. The van der Waals surface area contributed by atoms with Crippen LogP contribution in [-0.4, -0.2) is 70.9 Å². The SMILES string of the molecule is CN1CC[C@H](c2ccccc2)C[C@@H]1C(=O)N1CC[C@H]1C(=O)NCc1ccc(C(=N)NC(=O)O)cc1. The van der Waals surface area contributed by atoms with Crippen molar-refractivity contribution >= 4 is 23.7 Å². The van der Waals surface area contributed by atoms with Gasteiger partial charge in [-0.15, -0.1) is 0 Å². The molecule has 3 atom stereocenters. The summed E-state index contributed by atoms with van der Waals surface area (Å²) < 4.78 is 0. The molecule has 2 aromatic rings. The molecule has 0 spiro atoms. The molecule has 4 N–H and O–H groups in total. The third-order valence-corrected chi connectivity index (χ3v) is 6.97. The molecule has 9 nitrogen and oxygen atoms in total. The number of piperidine rings is 1. The van der Waals surface area contributed by atoms with E-state index >= 15 is 0 Å². The summed E-state index contributed by atoms with van der Waals surface area (Å²) in [4.78, 5) is 40.7. The smallest absolute Gasteiger partial charge is 0.410 e. The highest BCUT2D eigenvalue weighted by Crippen LogP contribution is 2.33. The van der Waals surface area contributed by atoms with Crippen LogP contribution >= 0.6 is 0 Å². The number of carbonyl (C=O) groups is 3. The molecule has 2 aliphatic rings. The summed E-state index contributed by atoms with van der Waals surface area (Å²) in [6.45, 7) is 1.72. The third kappa shape index (κ3) is 5.68. The Balaban J connectivity index is 1.31. The third-order valence-electron chi connectivity index (χ3n) is 6.97. The summed E-state index contributed by atoms with van der Waals surface area (Å²) in [5, 5.41) is 21.3. The Morgan fingerprint density at radius 2 is 1.71 bits per heavy atom. The first-order chi connectivity index (χ1) is 16.8. The van der Waals surface area contributed by atoms with E-state index in [2.05, 4.69) is 22.3 Å². The number of amidine groups is 1. The van der Waals surface area contributed by atoms with Gasteiger partial charge in [0.15, 0.2) is 0 Å². The highest BCUT2D eigenvalue weighted by Gasteiger charge is 2.42. The van der Waals surface area contributed by atoms with E-state index in [1.807, 2.05) is 30.6 Å². The molecule has 2 fully saturated rings. The van der Waals surface area contributed by atoms with Crippen molar-refractivity contribution in [2.45, 2.75) is 43.8 Å². The fourth-order valence-corrected chi connectivity index (χ4v) is 4.79. The number of nitrogens with zero attached hydrogens (tertiary/aromatic N) is 2. The number of likely N-dealkylation sites (N-methyl/N-ethyl adjacent to an activating group) is 1. The van der Waals surface area contributed by atoms with E-state index in [0.717, 1.165) is 24.9 Å². The molecule has 0 aromatic heterocycles. The number of carboxylic acid groups (broad SMARTS) is 1. The maximum atomic E-state index is 13.4. The van der Waals surface area contributed by atoms with Crippen molar-refractivity contribution in [2.24, 2.45) is 0 Å². The fraction of sp³-hybridized carbons (Fsp3) is 0.385. The van der Waals surface area contributed by atoms with Crippen LogP contribution in [0.2, 0.25) is 0 Å². The quantitative estimate of drug-likeness (QED) is 0.375. The molecule has 0 bridgehead atoms. The molecule has 2 saturated heterocycles. The van der Waals surface area contributed by atoms with E-state index in [4.69, 9.17) is 10.5 Å². The van der Waals surface area contributed by atoms with Crippen LogP contribution in [0.4, 0.5) is 4.79 Å². The number of likely N-dealkylation sites (tertiary alicyclic amines) is 2. The van der Waals surface area contributed by atoms with Gasteiger partial charge in [-0.25, -0.2) is 4.79 Å². The van der Waals surface area contributed by atoms with Crippen LogP contribution in [0.3, 0.4) is 0 Å². The lowest BCUT2D eigenvalue weighted by Gasteiger charge is -2.45. The first-order valence-corrected chi connectivity index (χ1v) is 11.8. The normalized spacial score (nSPS) is 22.1. The molecule has 2 aliphatic heterocycles. The number of nitrogens with one attached hydrogen (secondary N) is 3. The minimum Gasteiger partial charge on any atom is -0.465 e. The van der Waals surface area contributed by atoms with Crippen molar-refractivity contribution in [3.05, 3.63) is 71.3 Å². The molecule has 0 aliphatic carbocycles. The molecule has 0 radical (unpaired) electrons. The average molecular weight is 478 g/mol. The Kier molecular flexibility index (Phi) is 7.45. The number of hydrogen-bond donors (Lipinski definition) is 4. The second-order valence-corrected chi connectivity index (χ2v) is 9.18.